The van der Waals surface area contributed by atoms with Gasteiger partial charge >= 0.3 is 5.97 Å². The number of esters is 1. The number of rotatable bonds is 7. The van der Waals surface area contributed by atoms with Gasteiger partial charge in [-0.15, -0.1) is 0 Å². The Morgan fingerprint density at radius 1 is 1.14 bits per heavy atom. The number of carbonyl (C=O) groups is 2. The number of nitrogens with one attached hydrogen (secondary N) is 1. The quantitative estimate of drug-likeness (QED) is 0.632. The van der Waals surface area contributed by atoms with Crippen molar-refractivity contribution in [3.8, 4) is 5.75 Å². The molecule has 146 valence electrons. The average molecular weight is 381 g/mol. The first-order valence-corrected chi connectivity index (χ1v) is 9.16. The van der Waals surface area contributed by atoms with Gasteiger partial charge in [0.05, 0.1) is 11.8 Å². The van der Waals surface area contributed by atoms with Crippen LogP contribution in [-0.4, -0.2) is 34.4 Å². The highest BCUT2D eigenvalue weighted by Crippen LogP contribution is 2.21. The Labute approximate surface area is 163 Å². The van der Waals surface area contributed by atoms with E-state index in [0.29, 0.717) is 18.0 Å². The van der Waals surface area contributed by atoms with Gasteiger partial charge in [-0.1, -0.05) is 30.3 Å². The van der Waals surface area contributed by atoms with E-state index in [9.17, 15) is 9.59 Å². The highest BCUT2D eigenvalue weighted by atomic mass is 16.5. The van der Waals surface area contributed by atoms with Gasteiger partial charge in [0.25, 0.3) is 5.91 Å². The molecule has 0 unspecified atom stereocenters. The number of aryl methyl sites for hydroxylation is 1. The van der Waals surface area contributed by atoms with Crippen molar-refractivity contribution in [2.24, 2.45) is 0 Å². The molecule has 3 aromatic rings. The molecule has 0 aliphatic carbocycles. The molecule has 1 heterocycles. The topological polar surface area (TPSA) is 82.5 Å². The fourth-order valence-electron chi connectivity index (χ4n) is 2.69. The molecule has 0 spiro atoms. The van der Waals surface area contributed by atoms with E-state index in [4.69, 9.17) is 9.47 Å². The maximum atomic E-state index is 12.3. The van der Waals surface area contributed by atoms with Gasteiger partial charge in [-0.25, -0.2) is 4.79 Å². The van der Waals surface area contributed by atoms with E-state index in [2.05, 4.69) is 10.4 Å². The lowest BCUT2D eigenvalue weighted by molar-refractivity contribution is -0.118. The molecule has 1 aromatic heterocycles. The normalized spacial score (nSPS) is 10.9. The molecule has 0 saturated heterocycles. The summed E-state index contributed by atoms with van der Waals surface area (Å²) < 4.78 is 12.3. The fraction of sp³-hybridized carbons (Fsp3) is 0.286. The summed E-state index contributed by atoms with van der Waals surface area (Å²) in [5.74, 6) is -0.368. The highest BCUT2D eigenvalue weighted by Gasteiger charge is 2.21. The van der Waals surface area contributed by atoms with Crippen LogP contribution in [0.1, 0.15) is 31.3 Å². The van der Waals surface area contributed by atoms with Crippen LogP contribution in [0.3, 0.4) is 0 Å². The molecule has 1 amide bonds. The summed E-state index contributed by atoms with van der Waals surface area (Å²) in [6.07, 6.45) is 1.32. The molecule has 7 heteroatoms. The van der Waals surface area contributed by atoms with Gasteiger partial charge in [-0.2, -0.15) is 5.10 Å². The van der Waals surface area contributed by atoms with Crippen LogP contribution in [-0.2, 0) is 16.1 Å². The second kappa shape index (κ2) is 8.56. The summed E-state index contributed by atoms with van der Waals surface area (Å²) in [5, 5.41) is 8.98. The number of aromatic nitrogens is 2. The Kier molecular flexibility index (Phi) is 5.93. The molecule has 0 aliphatic rings. The molecule has 0 bridgehead atoms. The Balaban J connectivity index is 1.66. The third-order valence-corrected chi connectivity index (χ3v) is 3.99. The number of fused-ring (bicyclic) bond motifs is 1. The predicted molar refractivity (Wildman–Crippen MR) is 107 cm³/mol. The van der Waals surface area contributed by atoms with Crippen molar-refractivity contribution in [2.45, 2.75) is 33.4 Å². The first-order valence-electron chi connectivity index (χ1n) is 9.16. The Bertz CT molecular complexity index is 994. The summed E-state index contributed by atoms with van der Waals surface area (Å²) in [7, 11) is 0. The molecule has 1 N–H and O–H groups in total. The second-order valence-electron chi connectivity index (χ2n) is 6.55. The summed E-state index contributed by atoms with van der Waals surface area (Å²) in [5.41, 5.74) is 0.384. The third kappa shape index (κ3) is 4.68. The fourth-order valence-corrected chi connectivity index (χ4v) is 2.69. The zero-order chi connectivity index (χ0) is 20.1. The number of benzene rings is 2. The molecule has 7 nitrogen and oxygen atoms in total. The van der Waals surface area contributed by atoms with Crippen molar-refractivity contribution < 1.29 is 19.1 Å². The summed E-state index contributed by atoms with van der Waals surface area (Å²) in [6.45, 7) is 5.77. The molecule has 2 aromatic carbocycles. The van der Waals surface area contributed by atoms with Crippen LogP contribution in [0.4, 0.5) is 5.69 Å². The molecular formula is C21H23N3O4. The minimum atomic E-state index is -0.576. The minimum Gasteiger partial charge on any atom is -0.484 e. The van der Waals surface area contributed by atoms with Gasteiger partial charge in [0.15, 0.2) is 12.3 Å². The third-order valence-electron chi connectivity index (χ3n) is 3.99. The molecule has 28 heavy (non-hydrogen) atoms. The summed E-state index contributed by atoms with van der Waals surface area (Å²) in [4.78, 5) is 24.5. The van der Waals surface area contributed by atoms with Gasteiger partial charge in [-0.05, 0) is 43.7 Å². The van der Waals surface area contributed by atoms with E-state index in [1.54, 1.807) is 24.7 Å². The molecule has 0 saturated carbocycles. The zero-order valence-electron chi connectivity index (χ0n) is 16.1. The number of nitrogens with zero attached hydrogens (tertiary/aromatic N) is 2. The van der Waals surface area contributed by atoms with Crippen LogP contribution in [0.5, 0.6) is 5.75 Å². The first-order chi connectivity index (χ1) is 13.5. The lowest BCUT2D eigenvalue weighted by Crippen LogP contribution is -2.22. The van der Waals surface area contributed by atoms with E-state index in [1.807, 2.05) is 49.4 Å². The number of hydrogen-bond acceptors (Lipinski definition) is 5. The molecule has 0 fully saturated rings. The van der Waals surface area contributed by atoms with Gasteiger partial charge in [0.2, 0.25) is 0 Å². The average Bonchev–Trinajstić information content (AvgIpc) is 3.08. The largest absolute Gasteiger partial charge is 0.484 e. The van der Waals surface area contributed by atoms with Crippen LogP contribution in [0.2, 0.25) is 0 Å². The lowest BCUT2D eigenvalue weighted by Gasteiger charge is -2.09. The van der Waals surface area contributed by atoms with Crippen LogP contribution < -0.4 is 10.1 Å². The van der Waals surface area contributed by atoms with E-state index in [0.717, 1.165) is 10.8 Å². The number of ether oxygens (including phenoxy) is 2. The molecule has 0 radical (unpaired) electrons. The van der Waals surface area contributed by atoms with E-state index >= 15 is 0 Å². The van der Waals surface area contributed by atoms with Crippen LogP contribution in [0.25, 0.3) is 10.8 Å². The van der Waals surface area contributed by atoms with E-state index in [1.165, 1.54) is 0 Å². The standard InChI is InChI=1S/C21H23N3O4/c1-4-24-12-18(20(23-24)21(26)28-14(2)3)22-19(25)13-27-17-10-9-15-7-5-6-8-16(15)11-17/h5-12,14H,4,13H2,1-3H3,(H,22,25). The van der Waals surface area contributed by atoms with Crippen molar-refractivity contribution >= 4 is 28.3 Å². The summed E-state index contributed by atoms with van der Waals surface area (Å²) in [6, 6.07) is 13.5. The Morgan fingerprint density at radius 2 is 1.89 bits per heavy atom. The van der Waals surface area contributed by atoms with Crippen molar-refractivity contribution in [3.05, 3.63) is 54.4 Å². The first kappa shape index (κ1) is 19.4. The van der Waals surface area contributed by atoms with Gasteiger partial charge in [0.1, 0.15) is 5.75 Å². The number of hydrogen-bond donors (Lipinski definition) is 1. The Hall–Kier alpha value is -3.35. The lowest BCUT2D eigenvalue weighted by atomic mass is 10.1. The second-order valence-corrected chi connectivity index (χ2v) is 6.55. The van der Waals surface area contributed by atoms with Gasteiger partial charge < -0.3 is 14.8 Å². The predicted octanol–water partition coefficient (Wildman–Crippen LogP) is 3.64. The minimum absolute atomic E-state index is 0.0783. The molecule has 0 atom stereocenters. The molecular weight excluding hydrogens is 358 g/mol. The van der Waals surface area contributed by atoms with Crippen LogP contribution in [0, 0.1) is 0 Å². The zero-order valence-corrected chi connectivity index (χ0v) is 16.1. The van der Waals surface area contributed by atoms with Crippen molar-refractivity contribution in [1.29, 1.82) is 0 Å². The van der Waals surface area contributed by atoms with Crippen molar-refractivity contribution in [3.63, 3.8) is 0 Å². The van der Waals surface area contributed by atoms with E-state index < -0.39 is 5.97 Å². The van der Waals surface area contributed by atoms with Gasteiger partial charge in [-0.3, -0.25) is 9.48 Å². The van der Waals surface area contributed by atoms with E-state index in [-0.39, 0.29) is 24.3 Å². The maximum Gasteiger partial charge on any atom is 0.361 e. The molecule has 3 rings (SSSR count). The van der Waals surface area contributed by atoms with Crippen molar-refractivity contribution in [1.82, 2.24) is 9.78 Å². The number of amides is 1. The maximum absolute atomic E-state index is 12.3. The molecule has 0 aliphatic heterocycles. The van der Waals surface area contributed by atoms with Crippen LogP contribution >= 0.6 is 0 Å². The SMILES string of the molecule is CCn1cc(NC(=O)COc2ccc3ccccc3c2)c(C(=O)OC(C)C)n1. The van der Waals surface area contributed by atoms with Crippen molar-refractivity contribution in [2.75, 3.05) is 11.9 Å². The number of carbonyl (C=O) groups excluding carboxylic acids is 2. The monoisotopic (exact) mass is 381 g/mol. The number of anilines is 1. The smallest absolute Gasteiger partial charge is 0.361 e. The summed E-state index contributed by atoms with van der Waals surface area (Å²) >= 11 is 0. The Morgan fingerprint density at radius 3 is 2.61 bits per heavy atom. The van der Waals surface area contributed by atoms with Gasteiger partial charge in [0, 0.05) is 12.7 Å². The highest BCUT2D eigenvalue weighted by molar-refractivity contribution is 6.00. The van der Waals surface area contributed by atoms with Crippen LogP contribution in [0.15, 0.2) is 48.7 Å².